The van der Waals surface area contributed by atoms with Crippen molar-refractivity contribution >= 4 is 51.7 Å². The number of nitrogens with zero attached hydrogens (tertiary/aromatic N) is 1. The van der Waals surface area contributed by atoms with Gasteiger partial charge >= 0.3 is 5.97 Å². The zero-order valence-electron chi connectivity index (χ0n) is 9.04. The van der Waals surface area contributed by atoms with Crippen LogP contribution in [0.3, 0.4) is 0 Å². The average Bonchev–Trinajstić information content (AvgIpc) is 2.64. The molecule has 0 aliphatic heterocycles. The van der Waals surface area contributed by atoms with Gasteiger partial charge in [0.05, 0.1) is 20.6 Å². The van der Waals surface area contributed by atoms with E-state index in [0.717, 1.165) is 0 Å². The van der Waals surface area contributed by atoms with Crippen molar-refractivity contribution < 1.29 is 14.8 Å². The Bertz CT molecular complexity index is 711. The molecule has 0 atom stereocenters. The smallest absolute Gasteiger partial charge is 0.352 e. The Hall–Kier alpha value is -1.50. The molecule has 0 aliphatic rings. The molecule has 0 saturated heterocycles. The first-order chi connectivity index (χ1) is 8.82. The van der Waals surface area contributed by atoms with E-state index in [9.17, 15) is 14.9 Å². The summed E-state index contributed by atoms with van der Waals surface area (Å²) < 4.78 is 0. The minimum Gasteiger partial charge on any atom is -0.477 e. The molecule has 0 spiro atoms. The lowest BCUT2D eigenvalue weighted by Gasteiger charge is -2.02. The third kappa shape index (κ3) is 2.34. The number of aromatic carboxylic acids is 1. The number of carboxylic acid groups (broad SMARTS) is 1. The van der Waals surface area contributed by atoms with E-state index in [4.69, 9.17) is 39.9 Å². The number of rotatable bonds is 3. The number of carboxylic acids is 1. The minimum absolute atomic E-state index is 0.00948. The second kappa shape index (κ2) is 4.88. The van der Waals surface area contributed by atoms with Crippen LogP contribution in [-0.2, 0) is 6.54 Å². The molecule has 6 nitrogen and oxygen atoms in total. The SMILES string of the molecule is O=C(O)c1[nH]c2cc(Cl)c(Cl)c(Cl)c2c1C[N+](=O)[O-]. The molecule has 0 aliphatic carbocycles. The summed E-state index contributed by atoms with van der Waals surface area (Å²) in [5, 5.41) is 20.0. The molecule has 9 heteroatoms. The Kier molecular flexibility index (Phi) is 3.58. The van der Waals surface area contributed by atoms with E-state index in [1.54, 1.807) is 0 Å². The van der Waals surface area contributed by atoms with Crippen molar-refractivity contribution in [1.82, 2.24) is 4.98 Å². The Morgan fingerprint density at radius 1 is 1.37 bits per heavy atom. The highest BCUT2D eigenvalue weighted by molar-refractivity contribution is 6.50. The summed E-state index contributed by atoms with van der Waals surface area (Å²) >= 11 is 17.7. The number of halogens is 3. The summed E-state index contributed by atoms with van der Waals surface area (Å²) in [6, 6.07) is 1.38. The molecule has 1 heterocycles. The molecule has 0 radical (unpaired) electrons. The van der Waals surface area contributed by atoms with Crippen LogP contribution < -0.4 is 0 Å². The predicted molar refractivity (Wildman–Crippen MR) is 71.0 cm³/mol. The first-order valence-corrected chi connectivity index (χ1v) is 5.99. The first-order valence-electron chi connectivity index (χ1n) is 4.86. The van der Waals surface area contributed by atoms with Crippen LogP contribution >= 0.6 is 34.8 Å². The molecule has 1 aromatic carbocycles. The molecule has 1 aromatic heterocycles. The molecule has 0 unspecified atom stereocenters. The maximum atomic E-state index is 11.1. The van der Waals surface area contributed by atoms with Crippen LogP contribution in [0.4, 0.5) is 0 Å². The maximum Gasteiger partial charge on any atom is 0.352 e. The quantitative estimate of drug-likeness (QED) is 0.512. The van der Waals surface area contributed by atoms with E-state index < -0.39 is 17.4 Å². The summed E-state index contributed by atoms with van der Waals surface area (Å²) in [6.45, 7) is -0.681. The van der Waals surface area contributed by atoms with Crippen LogP contribution in [0.5, 0.6) is 0 Å². The van der Waals surface area contributed by atoms with Crippen LogP contribution in [0.1, 0.15) is 16.1 Å². The third-order valence-corrected chi connectivity index (χ3v) is 3.79. The summed E-state index contributed by atoms with van der Waals surface area (Å²) in [5.41, 5.74) is -0.0448. The van der Waals surface area contributed by atoms with Crippen LogP contribution in [-0.4, -0.2) is 21.0 Å². The molecular weight excluding hydrogens is 318 g/mol. The van der Waals surface area contributed by atoms with E-state index in [2.05, 4.69) is 4.98 Å². The van der Waals surface area contributed by atoms with Gasteiger partial charge in [0.15, 0.2) is 0 Å². The van der Waals surface area contributed by atoms with Crippen molar-refractivity contribution in [2.24, 2.45) is 0 Å². The molecule has 19 heavy (non-hydrogen) atoms. The van der Waals surface area contributed by atoms with Gasteiger partial charge in [0.25, 0.3) is 0 Å². The number of hydrogen-bond donors (Lipinski definition) is 2. The maximum absolute atomic E-state index is 11.1. The van der Waals surface area contributed by atoms with Gasteiger partial charge in [-0.25, -0.2) is 4.79 Å². The van der Waals surface area contributed by atoms with Gasteiger partial charge in [0.2, 0.25) is 6.54 Å². The van der Waals surface area contributed by atoms with E-state index in [0.29, 0.717) is 0 Å². The van der Waals surface area contributed by atoms with Gasteiger partial charge < -0.3 is 10.1 Å². The Morgan fingerprint density at radius 3 is 2.53 bits per heavy atom. The zero-order valence-corrected chi connectivity index (χ0v) is 11.3. The van der Waals surface area contributed by atoms with Crippen LogP contribution in [0.15, 0.2) is 6.07 Å². The Balaban J connectivity index is 2.87. The third-order valence-electron chi connectivity index (χ3n) is 2.53. The van der Waals surface area contributed by atoms with Gasteiger partial charge in [0.1, 0.15) is 5.69 Å². The van der Waals surface area contributed by atoms with Gasteiger partial charge in [-0.15, -0.1) is 0 Å². The highest BCUT2D eigenvalue weighted by atomic mass is 35.5. The van der Waals surface area contributed by atoms with Crippen molar-refractivity contribution in [1.29, 1.82) is 0 Å². The van der Waals surface area contributed by atoms with Gasteiger partial charge in [-0.1, -0.05) is 34.8 Å². The van der Waals surface area contributed by atoms with Gasteiger partial charge in [-0.3, -0.25) is 10.1 Å². The predicted octanol–water partition coefficient (Wildman–Crippen LogP) is 3.60. The zero-order chi connectivity index (χ0) is 14.3. The standard InChI is InChI=1S/C10H5Cl3N2O4/c11-4-1-5-6(8(13)7(4)12)3(2-15(18)19)9(14-5)10(16)17/h1,14H,2H2,(H,16,17). The number of aromatic nitrogens is 1. The lowest BCUT2D eigenvalue weighted by Crippen LogP contribution is -2.06. The molecule has 100 valence electrons. The second-order valence-corrected chi connectivity index (χ2v) is 4.85. The Labute approximate surface area is 121 Å². The topological polar surface area (TPSA) is 96.2 Å². The van der Waals surface area contributed by atoms with E-state index in [1.807, 2.05) is 0 Å². The number of hydrogen-bond acceptors (Lipinski definition) is 3. The number of carbonyl (C=O) groups is 1. The molecule has 0 fully saturated rings. The summed E-state index contributed by atoms with van der Waals surface area (Å²) in [7, 11) is 0. The number of nitro groups is 1. The van der Waals surface area contributed by atoms with Gasteiger partial charge in [-0.2, -0.15) is 0 Å². The number of H-pyrrole nitrogens is 1. The fraction of sp³-hybridized carbons (Fsp3) is 0.100. The van der Waals surface area contributed by atoms with Gasteiger partial charge in [0, 0.05) is 15.8 Å². The molecule has 2 rings (SSSR count). The van der Waals surface area contributed by atoms with Crippen molar-refractivity contribution in [2.45, 2.75) is 6.54 Å². The fourth-order valence-electron chi connectivity index (χ4n) is 1.79. The number of aromatic amines is 1. The summed E-state index contributed by atoms with van der Waals surface area (Å²) in [6.07, 6.45) is 0. The molecular formula is C10H5Cl3N2O4. The second-order valence-electron chi connectivity index (χ2n) is 3.68. The number of nitrogens with one attached hydrogen (secondary N) is 1. The molecule has 2 aromatic rings. The normalized spacial score (nSPS) is 10.9. The van der Waals surface area contributed by atoms with Crippen LogP contribution in [0, 0.1) is 10.1 Å². The van der Waals surface area contributed by atoms with Crippen molar-refractivity contribution in [2.75, 3.05) is 0 Å². The summed E-state index contributed by atoms with van der Waals surface area (Å²) in [5.74, 6) is -1.32. The number of fused-ring (bicyclic) bond motifs is 1. The lowest BCUT2D eigenvalue weighted by atomic mass is 10.1. The van der Waals surface area contributed by atoms with Crippen LogP contribution in [0.25, 0.3) is 10.9 Å². The van der Waals surface area contributed by atoms with Crippen molar-refractivity contribution in [3.8, 4) is 0 Å². The molecule has 0 amide bonds. The van der Waals surface area contributed by atoms with E-state index in [-0.39, 0.29) is 37.2 Å². The Morgan fingerprint density at radius 2 is 2.00 bits per heavy atom. The fourth-order valence-corrected chi connectivity index (χ4v) is 2.51. The summed E-state index contributed by atoms with van der Waals surface area (Å²) in [4.78, 5) is 23.6. The largest absolute Gasteiger partial charge is 0.477 e. The van der Waals surface area contributed by atoms with Crippen LogP contribution in [0.2, 0.25) is 15.1 Å². The monoisotopic (exact) mass is 322 g/mol. The van der Waals surface area contributed by atoms with Gasteiger partial charge in [-0.05, 0) is 6.07 Å². The highest BCUT2D eigenvalue weighted by Gasteiger charge is 2.24. The minimum atomic E-state index is -1.32. The lowest BCUT2D eigenvalue weighted by molar-refractivity contribution is -0.496. The van der Waals surface area contributed by atoms with E-state index >= 15 is 0 Å². The highest BCUT2D eigenvalue weighted by Crippen LogP contribution is 2.39. The average molecular weight is 324 g/mol. The first kappa shape index (κ1) is 13.9. The van der Waals surface area contributed by atoms with E-state index in [1.165, 1.54) is 6.07 Å². The molecule has 0 saturated carbocycles. The number of benzene rings is 1. The molecule has 2 N–H and O–H groups in total. The van der Waals surface area contributed by atoms with Crippen molar-refractivity contribution in [3.63, 3.8) is 0 Å². The molecule has 0 bridgehead atoms. The van der Waals surface area contributed by atoms with Crippen molar-refractivity contribution in [3.05, 3.63) is 42.5 Å².